The molecule has 1 aromatic carbocycles. The van der Waals surface area contributed by atoms with Gasteiger partial charge in [0.25, 0.3) is 0 Å². The molecule has 1 atom stereocenters. The normalized spacial score (nSPS) is 15.7. The van der Waals surface area contributed by atoms with Crippen LogP contribution in [0.2, 0.25) is 0 Å². The summed E-state index contributed by atoms with van der Waals surface area (Å²) in [5.74, 6) is 1.49. The lowest BCUT2D eigenvalue weighted by atomic mass is 9.99. The molecular weight excluding hydrogens is 274 g/mol. The molecule has 0 fully saturated rings. The van der Waals surface area contributed by atoms with E-state index in [-0.39, 0.29) is 17.5 Å². The van der Waals surface area contributed by atoms with Gasteiger partial charge in [0.05, 0.1) is 12.4 Å². The summed E-state index contributed by atoms with van der Waals surface area (Å²) in [6, 6.07) is 6.47. The van der Waals surface area contributed by atoms with Gasteiger partial charge in [-0.3, -0.25) is 0 Å². The van der Waals surface area contributed by atoms with Gasteiger partial charge in [-0.2, -0.15) is 0 Å². The van der Waals surface area contributed by atoms with Crippen molar-refractivity contribution >= 4 is 9.84 Å². The van der Waals surface area contributed by atoms with Gasteiger partial charge in [0.2, 0.25) is 0 Å². The van der Waals surface area contributed by atoms with Gasteiger partial charge in [0.1, 0.15) is 15.6 Å². The van der Waals surface area contributed by atoms with Gasteiger partial charge in [-0.05, 0) is 37.1 Å². The molecule has 4 nitrogen and oxygen atoms in total. The Balaban J connectivity index is 1.98. The van der Waals surface area contributed by atoms with Crippen molar-refractivity contribution in [3.8, 4) is 5.75 Å². The standard InChI is InChI=1S/C15H23NO3S/c1-3-20(17,18)10-4-5-14(16-2)12-6-7-15-13(11-12)8-9-19-15/h6-7,11,14,16H,3-5,8-10H2,1-2H3. The van der Waals surface area contributed by atoms with Crippen LogP contribution in [0.5, 0.6) is 5.75 Å². The molecule has 0 aromatic heterocycles. The van der Waals surface area contributed by atoms with E-state index < -0.39 is 9.84 Å². The number of benzene rings is 1. The van der Waals surface area contributed by atoms with Crippen molar-refractivity contribution in [2.24, 2.45) is 0 Å². The number of hydrogen-bond acceptors (Lipinski definition) is 4. The number of sulfone groups is 1. The molecule has 1 heterocycles. The van der Waals surface area contributed by atoms with Crippen LogP contribution in [0.1, 0.15) is 36.9 Å². The van der Waals surface area contributed by atoms with Gasteiger partial charge in [0.15, 0.2) is 0 Å². The van der Waals surface area contributed by atoms with E-state index >= 15 is 0 Å². The lowest BCUT2D eigenvalue weighted by Crippen LogP contribution is -2.18. The maximum atomic E-state index is 11.5. The third-order valence-corrected chi connectivity index (χ3v) is 5.64. The molecule has 1 aliphatic heterocycles. The van der Waals surface area contributed by atoms with E-state index in [2.05, 4.69) is 17.4 Å². The fourth-order valence-corrected chi connectivity index (χ4v) is 3.45. The molecule has 0 amide bonds. The average Bonchev–Trinajstić information content (AvgIpc) is 2.91. The predicted molar refractivity (Wildman–Crippen MR) is 81.0 cm³/mol. The third kappa shape index (κ3) is 3.73. The van der Waals surface area contributed by atoms with Crippen LogP contribution in [0.15, 0.2) is 18.2 Å². The second-order valence-electron chi connectivity index (χ2n) is 5.19. The molecule has 0 bridgehead atoms. The van der Waals surface area contributed by atoms with Crippen LogP contribution in [-0.4, -0.2) is 33.6 Å². The number of fused-ring (bicyclic) bond motifs is 1. The van der Waals surface area contributed by atoms with Crippen molar-refractivity contribution in [3.05, 3.63) is 29.3 Å². The van der Waals surface area contributed by atoms with Gasteiger partial charge in [-0.1, -0.05) is 19.1 Å². The number of ether oxygens (including phenoxy) is 1. The molecule has 0 spiro atoms. The SMILES string of the molecule is CCS(=O)(=O)CCCC(NC)c1ccc2c(c1)CCO2. The maximum Gasteiger partial charge on any atom is 0.150 e. The summed E-state index contributed by atoms with van der Waals surface area (Å²) in [4.78, 5) is 0. The molecule has 112 valence electrons. The van der Waals surface area contributed by atoms with E-state index in [0.29, 0.717) is 6.42 Å². The topological polar surface area (TPSA) is 55.4 Å². The smallest absolute Gasteiger partial charge is 0.150 e. The molecule has 0 radical (unpaired) electrons. The Morgan fingerprint density at radius 3 is 2.90 bits per heavy atom. The Kier molecular flexibility index (Phi) is 5.05. The summed E-state index contributed by atoms with van der Waals surface area (Å²) in [5, 5.41) is 3.28. The van der Waals surface area contributed by atoms with Crippen molar-refractivity contribution < 1.29 is 13.2 Å². The molecule has 0 saturated carbocycles. The van der Waals surface area contributed by atoms with Gasteiger partial charge >= 0.3 is 0 Å². The van der Waals surface area contributed by atoms with Gasteiger partial charge < -0.3 is 10.1 Å². The second kappa shape index (κ2) is 6.59. The highest BCUT2D eigenvalue weighted by Crippen LogP contribution is 2.29. The summed E-state index contributed by atoms with van der Waals surface area (Å²) in [7, 11) is -0.944. The molecule has 5 heteroatoms. The van der Waals surface area contributed by atoms with Crippen LogP contribution in [0, 0.1) is 0 Å². The van der Waals surface area contributed by atoms with Crippen molar-refractivity contribution in [3.63, 3.8) is 0 Å². The highest BCUT2D eigenvalue weighted by atomic mass is 32.2. The zero-order valence-corrected chi connectivity index (χ0v) is 13.0. The minimum absolute atomic E-state index is 0.202. The lowest BCUT2D eigenvalue weighted by Gasteiger charge is -2.17. The molecule has 1 aromatic rings. The summed E-state index contributed by atoms with van der Waals surface area (Å²) in [6.07, 6.45) is 2.48. The van der Waals surface area contributed by atoms with Gasteiger partial charge in [-0.25, -0.2) is 8.42 Å². The minimum atomic E-state index is -2.86. The first-order valence-corrected chi connectivity index (χ1v) is 9.01. The van der Waals surface area contributed by atoms with E-state index in [9.17, 15) is 8.42 Å². The molecule has 1 N–H and O–H groups in total. The Bertz CT molecular complexity index is 554. The molecule has 0 aliphatic carbocycles. The van der Waals surface area contributed by atoms with Crippen molar-refractivity contribution in [1.29, 1.82) is 0 Å². The Labute approximate surface area is 121 Å². The minimum Gasteiger partial charge on any atom is -0.493 e. The van der Waals surface area contributed by atoms with Crippen LogP contribution < -0.4 is 10.1 Å². The van der Waals surface area contributed by atoms with Gasteiger partial charge in [0, 0.05) is 18.2 Å². The van der Waals surface area contributed by atoms with E-state index in [4.69, 9.17) is 4.74 Å². The Morgan fingerprint density at radius 2 is 2.20 bits per heavy atom. The Morgan fingerprint density at radius 1 is 1.40 bits per heavy atom. The third-order valence-electron chi connectivity index (χ3n) is 3.85. The number of hydrogen-bond donors (Lipinski definition) is 1. The van der Waals surface area contributed by atoms with Crippen LogP contribution >= 0.6 is 0 Å². The summed E-state index contributed by atoms with van der Waals surface area (Å²) in [6.45, 7) is 2.46. The molecule has 20 heavy (non-hydrogen) atoms. The molecule has 1 unspecified atom stereocenters. The van der Waals surface area contributed by atoms with Crippen molar-refractivity contribution in [2.75, 3.05) is 25.2 Å². The second-order valence-corrected chi connectivity index (χ2v) is 7.66. The van der Waals surface area contributed by atoms with Crippen molar-refractivity contribution in [2.45, 2.75) is 32.2 Å². The quantitative estimate of drug-likeness (QED) is 0.837. The predicted octanol–water partition coefficient (Wildman–Crippen LogP) is 2.10. The monoisotopic (exact) mass is 297 g/mol. The Hall–Kier alpha value is -1.07. The van der Waals surface area contributed by atoms with E-state index in [1.807, 2.05) is 13.1 Å². The molecule has 1 aliphatic rings. The van der Waals surface area contributed by atoms with Crippen LogP contribution in [0.25, 0.3) is 0 Å². The fraction of sp³-hybridized carbons (Fsp3) is 0.600. The number of rotatable bonds is 7. The molecular formula is C15H23NO3S. The lowest BCUT2D eigenvalue weighted by molar-refractivity contribution is 0.356. The zero-order valence-electron chi connectivity index (χ0n) is 12.2. The van der Waals surface area contributed by atoms with Crippen molar-refractivity contribution in [1.82, 2.24) is 5.32 Å². The fourth-order valence-electron chi connectivity index (χ4n) is 2.55. The van der Waals surface area contributed by atoms with E-state index in [0.717, 1.165) is 25.2 Å². The van der Waals surface area contributed by atoms with E-state index in [1.54, 1.807) is 6.92 Å². The van der Waals surface area contributed by atoms with Gasteiger partial charge in [-0.15, -0.1) is 0 Å². The average molecular weight is 297 g/mol. The summed E-state index contributed by atoms with van der Waals surface area (Å²) >= 11 is 0. The molecule has 2 rings (SSSR count). The number of nitrogens with one attached hydrogen (secondary N) is 1. The largest absolute Gasteiger partial charge is 0.493 e. The first kappa shape index (κ1) is 15.3. The highest BCUT2D eigenvalue weighted by Gasteiger charge is 2.17. The van der Waals surface area contributed by atoms with Crippen LogP contribution in [-0.2, 0) is 16.3 Å². The zero-order chi connectivity index (χ0) is 14.6. The first-order valence-electron chi connectivity index (χ1n) is 7.19. The highest BCUT2D eigenvalue weighted by molar-refractivity contribution is 7.91. The first-order chi connectivity index (χ1) is 9.55. The maximum absolute atomic E-state index is 11.5. The van der Waals surface area contributed by atoms with Crippen LogP contribution in [0.4, 0.5) is 0 Å². The van der Waals surface area contributed by atoms with E-state index in [1.165, 1.54) is 11.1 Å². The van der Waals surface area contributed by atoms with Crippen LogP contribution in [0.3, 0.4) is 0 Å². The summed E-state index contributed by atoms with van der Waals surface area (Å²) in [5.41, 5.74) is 2.47. The summed E-state index contributed by atoms with van der Waals surface area (Å²) < 4.78 is 28.6. The molecule has 0 saturated heterocycles.